The molecule has 5 nitrogen and oxygen atoms in total. The quantitative estimate of drug-likeness (QED) is 0.902. The van der Waals surface area contributed by atoms with Crippen LogP contribution in [0.3, 0.4) is 0 Å². The summed E-state index contributed by atoms with van der Waals surface area (Å²) in [4.78, 5) is 4.44. The van der Waals surface area contributed by atoms with Gasteiger partial charge in [0.05, 0.1) is 6.54 Å². The van der Waals surface area contributed by atoms with E-state index in [0.29, 0.717) is 0 Å². The van der Waals surface area contributed by atoms with Crippen LogP contribution in [0.5, 0.6) is 0 Å². The number of rotatable bonds is 2. The number of aromatic nitrogens is 4. The Hall–Kier alpha value is -1.53. The molecule has 0 bridgehead atoms. The van der Waals surface area contributed by atoms with E-state index in [1.54, 1.807) is 17.4 Å². The van der Waals surface area contributed by atoms with Crippen molar-refractivity contribution in [2.75, 3.05) is 6.54 Å². The molecular weight excluding hydrogens is 246 g/mol. The average molecular weight is 263 g/mol. The van der Waals surface area contributed by atoms with Crippen molar-refractivity contribution in [1.82, 2.24) is 25.1 Å². The Balaban J connectivity index is 0.000000574. The molecule has 1 N–H and O–H groups in total. The topological polar surface area (TPSA) is 55.6 Å². The van der Waals surface area contributed by atoms with Crippen LogP contribution < -0.4 is 5.32 Å². The zero-order valence-corrected chi connectivity index (χ0v) is 11.5. The lowest BCUT2D eigenvalue weighted by atomic mass is 10.4. The van der Waals surface area contributed by atoms with Crippen molar-refractivity contribution in [3.8, 4) is 11.5 Å². The zero-order valence-electron chi connectivity index (χ0n) is 10.7. The Kier molecular flexibility index (Phi) is 4.22. The van der Waals surface area contributed by atoms with Gasteiger partial charge in [0.25, 0.3) is 0 Å². The molecule has 0 saturated carbocycles. The second kappa shape index (κ2) is 5.88. The summed E-state index contributed by atoms with van der Waals surface area (Å²) in [5.74, 6) is 1.84. The Morgan fingerprint density at radius 2 is 2.28 bits per heavy atom. The summed E-state index contributed by atoms with van der Waals surface area (Å²) in [6.07, 6.45) is 1.75. The fourth-order valence-electron chi connectivity index (χ4n) is 1.77. The molecule has 0 unspecified atom stereocenters. The number of nitrogens with zero attached hydrogens (tertiary/aromatic N) is 4. The van der Waals surface area contributed by atoms with Crippen molar-refractivity contribution in [2.24, 2.45) is 0 Å². The van der Waals surface area contributed by atoms with Gasteiger partial charge in [-0.2, -0.15) is 0 Å². The van der Waals surface area contributed by atoms with Gasteiger partial charge >= 0.3 is 0 Å². The highest BCUT2D eigenvalue weighted by Crippen LogP contribution is 2.22. The predicted molar refractivity (Wildman–Crippen MR) is 74.3 cm³/mol. The lowest BCUT2D eigenvalue weighted by Gasteiger charge is -2.15. The third-order valence-electron chi connectivity index (χ3n) is 2.55. The highest BCUT2D eigenvalue weighted by molar-refractivity contribution is 7.10. The fraction of sp³-hybridized carbons (Fsp3) is 0.417. The molecule has 0 amide bonds. The molecular formula is C12H17N5S. The van der Waals surface area contributed by atoms with E-state index >= 15 is 0 Å². The molecule has 96 valence electrons. The zero-order chi connectivity index (χ0) is 13.0. The maximum Gasteiger partial charge on any atom is 0.183 e. The summed E-state index contributed by atoms with van der Waals surface area (Å²) in [5.41, 5.74) is 0.889. The first-order chi connectivity index (χ1) is 8.88. The minimum atomic E-state index is 0.783. The van der Waals surface area contributed by atoms with E-state index in [4.69, 9.17) is 0 Å². The van der Waals surface area contributed by atoms with E-state index in [0.717, 1.165) is 42.0 Å². The van der Waals surface area contributed by atoms with Crippen molar-refractivity contribution < 1.29 is 0 Å². The molecule has 0 fully saturated rings. The first-order valence-electron chi connectivity index (χ1n) is 6.09. The normalized spacial score (nSPS) is 13.4. The van der Waals surface area contributed by atoms with Gasteiger partial charge in [0.2, 0.25) is 0 Å². The van der Waals surface area contributed by atoms with E-state index in [9.17, 15) is 0 Å². The fourth-order valence-corrected chi connectivity index (χ4v) is 2.40. The molecule has 1 aliphatic heterocycles. The first-order valence-corrected chi connectivity index (χ1v) is 6.97. The van der Waals surface area contributed by atoms with Crippen LogP contribution in [0.2, 0.25) is 0 Å². The maximum absolute atomic E-state index is 4.44. The molecule has 0 aromatic carbocycles. The third-order valence-corrected chi connectivity index (χ3v) is 3.39. The van der Waals surface area contributed by atoms with Crippen molar-refractivity contribution >= 4 is 17.4 Å². The molecule has 3 rings (SSSR count). The number of hydrogen-bond donors (Lipinski definition) is 1. The Bertz CT molecular complexity index is 528. The van der Waals surface area contributed by atoms with Crippen molar-refractivity contribution in [2.45, 2.75) is 26.9 Å². The standard InChI is InChI=1S/C10H11N5S.C2H6/c1-2-9-12-7(6-16-9)10-14-13-8-5-11-3-4-15(8)10;1-2/h2,6,11H,1,3-5H2;1-2H3. The van der Waals surface area contributed by atoms with Crippen molar-refractivity contribution in [3.63, 3.8) is 0 Å². The SMILES string of the molecule is C=Cc1nc(-c2nnc3n2CCNC3)cs1.CC. The summed E-state index contributed by atoms with van der Waals surface area (Å²) < 4.78 is 2.12. The Morgan fingerprint density at radius 1 is 1.44 bits per heavy atom. The second-order valence-electron chi connectivity index (χ2n) is 3.54. The minimum Gasteiger partial charge on any atom is -0.308 e. The van der Waals surface area contributed by atoms with E-state index in [1.807, 2.05) is 19.2 Å². The van der Waals surface area contributed by atoms with Crippen LogP contribution in [0.4, 0.5) is 0 Å². The number of thiazole rings is 1. The summed E-state index contributed by atoms with van der Waals surface area (Å²) in [5, 5.41) is 14.5. The smallest absolute Gasteiger partial charge is 0.183 e. The molecule has 3 heterocycles. The van der Waals surface area contributed by atoms with Crippen LogP contribution in [0, 0.1) is 0 Å². The van der Waals surface area contributed by atoms with Gasteiger partial charge in [-0.15, -0.1) is 21.5 Å². The van der Waals surface area contributed by atoms with Crippen LogP contribution in [0.15, 0.2) is 12.0 Å². The van der Waals surface area contributed by atoms with Gasteiger partial charge in [0.1, 0.15) is 16.5 Å². The van der Waals surface area contributed by atoms with Crippen LogP contribution in [-0.4, -0.2) is 26.3 Å². The molecule has 0 saturated heterocycles. The first kappa shape index (κ1) is 12.9. The highest BCUT2D eigenvalue weighted by atomic mass is 32.1. The molecule has 0 radical (unpaired) electrons. The largest absolute Gasteiger partial charge is 0.308 e. The van der Waals surface area contributed by atoms with E-state index in [1.165, 1.54) is 0 Å². The molecule has 6 heteroatoms. The number of hydrogen-bond acceptors (Lipinski definition) is 5. The molecule has 2 aromatic rings. The molecule has 0 spiro atoms. The van der Waals surface area contributed by atoms with Gasteiger partial charge in [0, 0.05) is 18.5 Å². The van der Waals surface area contributed by atoms with E-state index in [-0.39, 0.29) is 0 Å². The molecule has 0 atom stereocenters. The van der Waals surface area contributed by atoms with Crippen LogP contribution in [0.1, 0.15) is 24.7 Å². The summed E-state index contributed by atoms with van der Waals surface area (Å²) in [6.45, 7) is 10.3. The Labute approximate surface area is 111 Å². The maximum atomic E-state index is 4.44. The number of fused-ring (bicyclic) bond motifs is 1. The molecule has 2 aromatic heterocycles. The predicted octanol–water partition coefficient (Wildman–Crippen LogP) is 2.17. The highest BCUT2D eigenvalue weighted by Gasteiger charge is 2.17. The van der Waals surface area contributed by atoms with Gasteiger partial charge in [-0.1, -0.05) is 20.4 Å². The lowest BCUT2D eigenvalue weighted by molar-refractivity contribution is 0.508. The summed E-state index contributed by atoms with van der Waals surface area (Å²) in [6, 6.07) is 0. The molecule has 0 aliphatic carbocycles. The Morgan fingerprint density at radius 3 is 3.00 bits per heavy atom. The van der Waals surface area contributed by atoms with Gasteiger partial charge in [-0.25, -0.2) is 4.98 Å². The van der Waals surface area contributed by atoms with Gasteiger partial charge in [-0.05, 0) is 6.08 Å². The molecule has 18 heavy (non-hydrogen) atoms. The van der Waals surface area contributed by atoms with Crippen LogP contribution in [0.25, 0.3) is 17.6 Å². The minimum absolute atomic E-state index is 0.783. The van der Waals surface area contributed by atoms with Crippen LogP contribution >= 0.6 is 11.3 Å². The van der Waals surface area contributed by atoms with Crippen molar-refractivity contribution in [3.05, 3.63) is 22.8 Å². The van der Waals surface area contributed by atoms with E-state index < -0.39 is 0 Å². The summed E-state index contributed by atoms with van der Waals surface area (Å²) >= 11 is 1.57. The van der Waals surface area contributed by atoms with Crippen molar-refractivity contribution in [1.29, 1.82) is 0 Å². The van der Waals surface area contributed by atoms with Gasteiger partial charge in [0.15, 0.2) is 5.82 Å². The summed E-state index contributed by atoms with van der Waals surface area (Å²) in [7, 11) is 0. The second-order valence-corrected chi connectivity index (χ2v) is 4.43. The molecule has 1 aliphatic rings. The van der Waals surface area contributed by atoms with Crippen LogP contribution in [-0.2, 0) is 13.1 Å². The average Bonchev–Trinajstić information content (AvgIpc) is 3.07. The van der Waals surface area contributed by atoms with Gasteiger partial charge in [-0.3, -0.25) is 0 Å². The lowest BCUT2D eigenvalue weighted by Crippen LogP contribution is -2.28. The van der Waals surface area contributed by atoms with E-state index in [2.05, 4.69) is 31.6 Å². The number of nitrogens with one attached hydrogen (secondary N) is 1. The monoisotopic (exact) mass is 263 g/mol. The third kappa shape index (κ3) is 2.34. The van der Waals surface area contributed by atoms with Gasteiger partial charge < -0.3 is 9.88 Å².